The number of hydrazone groups is 1. The molecule has 0 radical (unpaired) electrons. The Bertz CT molecular complexity index is 876. The van der Waals surface area contributed by atoms with Gasteiger partial charge in [-0.2, -0.15) is 13.5 Å². The Morgan fingerprint density at radius 3 is 2.33 bits per heavy atom. The summed E-state index contributed by atoms with van der Waals surface area (Å²) < 4.78 is 29.8. The van der Waals surface area contributed by atoms with Gasteiger partial charge >= 0.3 is 0 Å². The summed E-state index contributed by atoms with van der Waals surface area (Å²) in [4.78, 5) is 4.31. The second-order valence-electron chi connectivity index (χ2n) is 5.67. The lowest BCUT2D eigenvalue weighted by molar-refractivity contribution is 0.340. The molecule has 0 spiro atoms. The zero-order chi connectivity index (χ0) is 19.9. The monoisotopic (exact) mass is 391 g/mol. The smallest absolute Gasteiger partial charge is 0.276 e. The lowest BCUT2D eigenvalue weighted by Crippen LogP contribution is -2.21. The maximum atomic E-state index is 12.3. The summed E-state index contributed by atoms with van der Waals surface area (Å²) in [7, 11) is -3.80. The summed E-state index contributed by atoms with van der Waals surface area (Å²) >= 11 is 0. The van der Waals surface area contributed by atoms with Gasteiger partial charge in [-0.05, 0) is 57.2 Å². The highest BCUT2D eigenvalue weighted by Gasteiger charge is 2.13. The van der Waals surface area contributed by atoms with Crippen LogP contribution in [0.15, 0.2) is 52.5 Å². The highest BCUT2D eigenvalue weighted by atomic mass is 32.2. The highest BCUT2D eigenvalue weighted by molar-refractivity contribution is 7.89. The molecule has 0 amide bonds. The normalized spacial score (nSPS) is 11.5. The highest BCUT2D eigenvalue weighted by Crippen LogP contribution is 2.23. The fourth-order valence-corrected chi connectivity index (χ4v) is 3.32. The molecule has 0 heterocycles. The average Bonchev–Trinajstić information content (AvgIpc) is 2.65. The largest absolute Gasteiger partial charge is 0.507 e. The second kappa shape index (κ2) is 9.27. The van der Waals surface area contributed by atoms with Crippen LogP contribution in [0.1, 0.15) is 26.3 Å². The molecule has 0 aliphatic heterocycles. The molecule has 2 aromatic carbocycles. The van der Waals surface area contributed by atoms with E-state index in [-0.39, 0.29) is 10.6 Å². The van der Waals surface area contributed by atoms with Gasteiger partial charge in [-0.1, -0.05) is 0 Å². The van der Waals surface area contributed by atoms with Gasteiger partial charge in [-0.25, -0.2) is 4.83 Å². The number of anilines is 1. The third kappa shape index (κ3) is 5.37. The Labute approximate surface area is 160 Å². The summed E-state index contributed by atoms with van der Waals surface area (Å²) in [6.07, 6.45) is 1.27. The number of rotatable bonds is 9. The fourth-order valence-electron chi connectivity index (χ4n) is 2.53. The van der Waals surface area contributed by atoms with Gasteiger partial charge in [0.25, 0.3) is 10.0 Å². The number of nitrogens with one attached hydrogen (secondary N) is 1. The average molecular weight is 391 g/mol. The first-order valence-electron chi connectivity index (χ1n) is 8.77. The van der Waals surface area contributed by atoms with Crippen LogP contribution in [0, 0.1) is 0 Å². The quantitative estimate of drug-likeness (QED) is 0.507. The van der Waals surface area contributed by atoms with Crippen LogP contribution in [0.25, 0.3) is 0 Å². The Morgan fingerprint density at radius 2 is 1.78 bits per heavy atom. The molecule has 0 aromatic heterocycles. The van der Waals surface area contributed by atoms with E-state index in [0.29, 0.717) is 17.9 Å². The minimum atomic E-state index is -3.80. The van der Waals surface area contributed by atoms with E-state index in [2.05, 4.69) is 14.8 Å². The number of aromatic hydroxyl groups is 1. The van der Waals surface area contributed by atoms with Gasteiger partial charge in [-0.15, -0.1) is 0 Å². The molecule has 0 saturated heterocycles. The van der Waals surface area contributed by atoms with Gasteiger partial charge in [0.2, 0.25) is 0 Å². The van der Waals surface area contributed by atoms with E-state index in [1.54, 1.807) is 24.3 Å². The summed E-state index contributed by atoms with van der Waals surface area (Å²) in [6, 6.07) is 11.2. The summed E-state index contributed by atoms with van der Waals surface area (Å²) in [5.41, 5.74) is 1.31. The number of phenols is 1. The molecule has 2 N–H and O–H groups in total. The van der Waals surface area contributed by atoms with Gasteiger partial charge < -0.3 is 14.7 Å². The second-order valence-corrected chi connectivity index (χ2v) is 7.33. The van der Waals surface area contributed by atoms with E-state index in [9.17, 15) is 13.5 Å². The Morgan fingerprint density at radius 1 is 1.11 bits per heavy atom. The van der Waals surface area contributed by atoms with Crippen molar-refractivity contribution in [1.29, 1.82) is 0 Å². The van der Waals surface area contributed by atoms with Crippen LogP contribution < -0.4 is 14.5 Å². The predicted molar refractivity (Wildman–Crippen MR) is 107 cm³/mol. The molecule has 7 nitrogen and oxygen atoms in total. The topological polar surface area (TPSA) is 91.2 Å². The molecule has 2 rings (SSSR count). The molecular weight excluding hydrogens is 366 g/mol. The fraction of sp³-hybridized carbons (Fsp3) is 0.316. The van der Waals surface area contributed by atoms with Crippen molar-refractivity contribution in [2.75, 3.05) is 24.6 Å². The zero-order valence-corrected chi connectivity index (χ0v) is 16.5. The lowest BCUT2D eigenvalue weighted by atomic mass is 10.2. The van der Waals surface area contributed by atoms with E-state index >= 15 is 0 Å². The number of benzene rings is 2. The first-order valence-corrected chi connectivity index (χ1v) is 10.2. The third-order valence-electron chi connectivity index (χ3n) is 3.96. The van der Waals surface area contributed by atoms with Crippen LogP contribution in [-0.2, 0) is 10.0 Å². The van der Waals surface area contributed by atoms with Gasteiger partial charge in [-0.3, -0.25) is 0 Å². The van der Waals surface area contributed by atoms with Gasteiger partial charge in [0, 0.05) is 30.4 Å². The summed E-state index contributed by atoms with van der Waals surface area (Å²) in [5, 5.41) is 13.9. The molecule has 8 heteroatoms. The molecule has 0 saturated carbocycles. The first-order chi connectivity index (χ1) is 12.9. The number of phenolic OH excluding ortho intramolecular Hbond substituents is 1. The molecule has 27 heavy (non-hydrogen) atoms. The lowest BCUT2D eigenvalue weighted by Gasteiger charge is -2.21. The summed E-state index contributed by atoms with van der Waals surface area (Å²) in [5.74, 6) is 0.626. The Hall–Kier alpha value is -2.74. The molecule has 0 unspecified atom stereocenters. The Kier molecular flexibility index (Phi) is 7.06. The standard InChI is InChI=1S/C19H25N3O4S/c1-4-22(5-2)16-8-7-15(19(23)13-16)14-20-21-27(24,25)18-11-9-17(10-12-18)26-6-3/h7-14,21,23H,4-6H2,1-3H3. The van der Waals surface area contributed by atoms with E-state index in [1.165, 1.54) is 18.3 Å². The van der Waals surface area contributed by atoms with Crippen molar-refractivity contribution in [1.82, 2.24) is 4.83 Å². The molecule has 0 fully saturated rings. The number of hydrogen-bond donors (Lipinski definition) is 2. The molecule has 0 aliphatic rings. The van der Waals surface area contributed by atoms with Gasteiger partial charge in [0.1, 0.15) is 11.5 Å². The number of sulfonamides is 1. The third-order valence-corrected chi connectivity index (χ3v) is 5.20. The predicted octanol–water partition coefficient (Wildman–Crippen LogP) is 2.95. The first kappa shape index (κ1) is 20.6. The molecule has 2 aromatic rings. The van der Waals surface area contributed by atoms with E-state index in [4.69, 9.17) is 4.74 Å². The maximum Gasteiger partial charge on any atom is 0.276 e. The molecule has 146 valence electrons. The van der Waals surface area contributed by atoms with Crippen LogP contribution in [0.2, 0.25) is 0 Å². The number of ether oxygens (including phenoxy) is 1. The minimum Gasteiger partial charge on any atom is -0.507 e. The van der Waals surface area contributed by atoms with Crippen molar-refractivity contribution in [2.45, 2.75) is 25.7 Å². The van der Waals surface area contributed by atoms with Crippen molar-refractivity contribution in [3.05, 3.63) is 48.0 Å². The minimum absolute atomic E-state index is 0.0309. The van der Waals surface area contributed by atoms with Crippen LogP contribution in [0.3, 0.4) is 0 Å². The van der Waals surface area contributed by atoms with Crippen LogP contribution in [-0.4, -0.2) is 39.4 Å². The van der Waals surface area contributed by atoms with Gasteiger partial charge in [0.05, 0.1) is 17.7 Å². The van der Waals surface area contributed by atoms with E-state index in [1.807, 2.05) is 26.8 Å². The van der Waals surface area contributed by atoms with Crippen molar-refractivity contribution < 1.29 is 18.3 Å². The van der Waals surface area contributed by atoms with E-state index in [0.717, 1.165) is 18.8 Å². The SMILES string of the molecule is CCOc1ccc(S(=O)(=O)NN=Cc2ccc(N(CC)CC)cc2O)cc1. The molecule has 0 bridgehead atoms. The van der Waals surface area contributed by atoms with Crippen molar-refractivity contribution in [3.63, 3.8) is 0 Å². The van der Waals surface area contributed by atoms with Crippen LogP contribution in [0.4, 0.5) is 5.69 Å². The number of nitrogens with zero attached hydrogens (tertiary/aromatic N) is 2. The molecular formula is C19H25N3O4S. The number of hydrogen-bond acceptors (Lipinski definition) is 6. The summed E-state index contributed by atoms with van der Waals surface area (Å²) in [6.45, 7) is 8.07. The van der Waals surface area contributed by atoms with Crippen molar-refractivity contribution in [2.24, 2.45) is 5.10 Å². The van der Waals surface area contributed by atoms with Crippen LogP contribution >= 0.6 is 0 Å². The molecule has 0 aliphatic carbocycles. The Balaban J connectivity index is 2.09. The van der Waals surface area contributed by atoms with E-state index < -0.39 is 10.0 Å². The van der Waals surface area contributed by atoms with Crippen molar-refractivity contribution >= 4 is 21.9 Å². The molecule has 0 atom stereocenters. The van der Waals surface area contributed by atoms with Crippen LogP contribution in [0.5, 0.6) is 11.5 Å². The van der Waals surface area contributed by atoms with Crippen molar-refractivity contribution in [3.8, 4) is 11.5 Å². The van der Waals surface area contributed by atoms with Gasteiger partial charge in [0.15, 0.2) is 0 Å². The maximum absolute atomic E-state index is 12.3. The zero-order valence-electron chi connectivity index (χ0n) is 15.7.